The molecule has 0 saturated heterocycles. The molecule has 0 fully saturated rings. The van der Waals surface area contributed by atoms with Crippen LogP contribution in [0.1, 0.15) is 5.56 Å². The van der Waals surface area contributed by atoms with Gasteiger partial charge in [0, 0.05) is 5.69 Å². The van der Waals surface area contributed by atoms with Gasteiger partial charge in [-0.05, 0) is 42.0 Å². The fourth-order valence-corrected chi connectivity index (χ4v) is 3.88. The minimum Gasteiger partial charge on any atom is -0.406 e. The van der Waals surface area contributed by atoms with E-state index in [9.17, 15) is 21.6 Å². The summed E-state index contributed by atoms with van der Waals surface area (Å²) >= 11 is 1.31. The lowest BCUT2D eigenvalue weighted by Gasteiger charge is -2.08. The van der Waals surface area contributed by atoms with E-state index in [1.165, 1.54) is 53.8 Å². The second-order valence-corrected chi connectivity index (χ2v) is 8.56. The summed E-state index contributed by atoms with van der Waals surface area (Å²) in [6.07, 6.45) is -2.00. The number of nitrogens with zero attached hydrogens (tertiary/aromatic N) is 2. The highest BCUT2D eigenvalue weighted by Crippen LogP contribution is 2.24. The summed E-state index contributed by atoms with van der Waals surface area (Å²) in [5.41, 5.74) is 2.62. The second-order valence-electron chi connectivity index (χ2n) is 5.70. The zero-order chi connectivity index (χ0) is 20.9. The Morgan fingerprint density at radius 1 is 1.14 bits per heavy atom. The molecule has 0 atom stereocenters. The molecule has 0 aliphatic heterocycles. The molecule has 152 valence electrons. The molecule has 0 radical (unpaired) electrons. The first-order chi connectivity index (χ1) is 13.7. The van der Waals surface area contributed by atoms with E-state index in [2.05, 4.69) is 20.3 Å². The maximum atomic E-state index is 12.4. The third-order valence-electron chi connectivity index (χ3n) is 3.54. The van der Waals surface area contributed by atoms with Crippen molar-refractivity contribution in [3.63, 3.8) is 0 Å². The third kappa shape index (κ3) is 6.29. The average Bonchev–Trinajstić information content (AvgIpc) is 3.14. The molecule has 0 bridgehead atoms. The number of benzene rings is 2. The second kappa shape index (κ2) is 8.62. The first kappa shape index (κ1) is 20.8. The van der Waals surface area contributed by atoms with Gasteiger partial charge in [0.15, 0.2) is 9.84 Å². The summed E-state index contributed by atoms with van der Waals surface area (Å²) in [6.45, 7) is 0. The van der Waals surface area contributed by atoms with Crippen LogP contribution in [0.3, 0.4) is 0 Å². The molecule has 0 aliphatic carbocycles. The molecule has 0 unspecified atom stereocenters. The zero-order valence-electron chi connectivity index (χ0n) is 14.6. The highest BCUT2D eigenvalue weighted by atomic mass is 32.2. The number of nitrogens with one attached hydrogen (secondary N) is 1. The lowest BCUT2D eigenvalue weighted by molar-refractivity contribution is -0.274. The van der Waals surface area contributed by atoms with Gasteiger partial charge in [0.25, 0.3) is 0 Å². The molecule has 1 N–H and O–H groups in total. The van der Waals surface area contributed by atoms with E-state index >= 15 is 0 Å². The van der Waals surface area contributed by atoms with E-state index in [0.29, 0.717) is 16.4 Å². The fourth-order valence-electron chi connectivity index (χ4n) is 2.32. The Labute approximate surface area is 168 Å². The van der Waals surface area contributed by atoms with Crippen LogP contribution in [0.4, 0.5) is 24.0 Å². The van der Waals surface area contributed by atoms with Gasteiger partial charge in [0.1, 0.15) is 11.3 Å². The van der Waals surface area contributed by atoms with Crippen molar-refractivity contribution in [3.8, 4) is 5.75 Å². The van der Waals surface area contributed by atoms with E-state index in [0.717, 1.165) is 0 Å². The van der Waals surface area contributed by atoms with E-state index < -0.39 is 16.2 Å². The maximum Gasteiger partial charge on any atom is 0.573 e. The number of rotatable bonds is 7. The lowest BCUT2D eigenvalue weighted by Crippen LogP contribution is -2.17. The average molecular weight is 441 g/mol. The number of aromatic nitrogens is 2. The van der Waals surface area contributed by atoms with Crippen molar-refractivity contribution in [2.75, 3.05) is 11.1 Å². The van der Waals surface area contributed by atoms with Crippen LogP contribution in [-0.2, 0) is 9.84 Å². The third-order valence-corrected chi connectivity index (χ3v) is 5.77. The Morgan fingerprint density at radius 2 is 1.90 bits per heavy atom. The van der Waals surface area contributed by atoms with Crippen molar-refractivity contribution in [2.24, 2.45) is 0 Å². The molecule has 0 spiro atoms. The van der Waals surface area contributed by atoms with Crippen molar-refractivity contribution in [2.45, 2.75) is 11.3 Å². The Morgan fingerprint density at radius 3 is 2.55 bits per heavy atom. The van der Waals surface area contributed by atoms with Gasteiger partial charge in [-0.25, -0.2) is 8.42 Å². The smallest absolute Gasteiger partial charge is 0.406 e. The van der Waals surface area contributed by atoms with Crippen LogP contribution in [0.2, 0.25) is 0 Å². The predicted octanol–water partition coefficient (Wildman–Crippen LogP) is 4.67. The van der Waals surface area contributed by atoms with Crippen LogP contribution >= 0.6 is 11.3 Å². The fraction of sp³-hybridized carbons (Fsp3) is 0.111. The molecule has 0 aliphatic rings. The standard InChI is InChI=1S/C18H14F3N3O3S2/c19-18(20,21)27-15-5-1-3-13(11-15)4-2-10-29(25,26)16-8-6-14(7-9-16)23-17-24-22-12-28-17/h1-9,11-12H,10H2,(H,23,24). The number of alkyl halides is 3. The van der Waals surface area contributed by atoms with Crippen molar-refractivity contribution in [3.05, 3.63) is 65.7 Å². The molecule has 1 aromatic heterocycles. The number of hydrogen-bond acceptors (Lipinski definition) is 7. The van der Waals surface area contributed by atoms with Gasteiger partial charge in [-0.2, -0.15) is 0 Å². The molecule has 6 nitrogen and oxygen atoms in total. The largest absolute Gasteiger partial charge is 0.573 e. The van der Waals surface area contributed by atoms with Gasteiger partial charge in [0.05, 0.1) is 10.6 Å². The first-order valence-corrected chi connectivity index (χ1v) is 10.6. The Bertz CT molecular complexity index is 1080. The van der Waals surface area contributed by atoms with Gasteiger partial charge >= 0.3 is 6.36 Å². The molecule has 0 amide bonds. The van der Waals surface area contributed by atoms with Gasteiger partial charge in [-0.3, -0.25) is 0 Å². The number of hydrogen-bond donors (Lipinski definition) is 1. The Kier molecular flexibility index (Phi) is 6.18. The van der Waals surface area contributed by atoms with E-state index in [-0.39, 0.29) is 16.4 Å². The van der Waals surface area contributed by atoms with Crippen LogP contribution in [-0.4, -0.2) is 30.7 Å². The van der Waals surface area contributed by atoms with Gasteiger partial charge in [-0.15, -0.1) is 23.4 Å². The lowest BCUT2D eigenvalue weighted by atomic mass is 10.2. The minimum absolute atomic E-state index is 0.124. The Hall–Kier alpha value is -2.92. The van der Waals surface area contributed by atoms with Crippen LogP contribution < -0.4 is 10.1 Å². The molecule has 3 aromatic rings. The summed E-state index contributed by atoms with van der Waals surface area (Å²) in [5.74, 6) is -0.679. The van der Waals surface area contributed by atoms with Crippen LogP contribution in [0.5, 0.6) is 5.75 Å². The summed E-state index contributed by atoms with van der Waals surface area (Å²) in [4.78, 5) is 0.124. The van der Waals surface area contributed by atoms with Gasteiger partial charge in [0.2, 0.25) is 5.13 Å². The van der Waals surface area contributed by atoms with E-state index in [4.69, 9.17) is 0 Å². The molecule has 29 heavy (non-hydrogen) atoms. The summed E-state index contributed by atoms with van der Waals surface area (Å²) in [7, 11) is -3.60. The first-order valence-electron chi connectivity index (χ1n) is 8.10. The van der Waals surface area contributed by atoms with E-state index in [1.54, 1.807) is 23.7 Å². The Balaban J connectivity index is 1.64. The van der Waals surface area contributed by atoms with E-state index in [1.807, 2.05) is 0 Å². The van der Waals surface area contributed by atoms with Crippen LogP contribution in [0.15, 0.2) is 65.0 Å². The monoisotopic (exact) mass is 441 g/mol. The van der Waals surface area contributed by atoms with Crippen molar-refractivity contribution >= 4 is 38.1 Å². The summed E-state index contributed by atoms with van der Waals surface area (Å²) in [5, 5.41) is 11.1. The quantitative estimate of drug-likeness (QED) is 0.574. The molecule has 2 aromatic carbocycles. The molecule has 0 saturated carbocycles. The number of halogens is 3. The maximum absolute atomic E-state index is 12.4. The normalized spacial score (nSPS) is 12.2. The van der Waals surface area contributed by atoms with Gasteiger partial charge < -0.3 is 10.1 Å². The molecular weight excluding hydrogens is 427 g/mol. The van der Waals surface area contributed by atoms with Gasteiger partial charge in [-0.1, -0.05) is 35.6 Å². The highest BCUT2D eigenvalue weighted by molar-refractivity contribution is 7.91. The number of anilines is 2. The minimum atomic E-state index is -4.79. The highest BCUT2D eigenvalue weighted by Gasteiger charge is 2.31. The molecule has 1 heterocycles. The predicted molar refractivity (Wildman–Crippen MR) is 104 cm³/mol. The summed E-state index contributed by atoms with van der Waals surface area (Å²) in [6, 6.07) is 11.4. The molecular formula is C18H14F3N3O3S2. The molecule has 3 rings (SSSR count). The number of sulfone groups is 1. The molecule has 11 heteroatoms. The van der Waals surface area contributed by atoms with Crippen molar-refractivity contribution in [1.82, 2.24) is 10.2 Å². The van der Waals surface area contributed by atoms with Crippen molar-refractivity contribution in [1.29, 1.82) is 0 Å². The van der Waals surface area contributed by atoms with Crippen LogP contribution in [0, 0.1) is 0 Å². The topological polar surface area (TPSA) is 81.2 Å². The SMILES string of the molecule is O=S(=O)(CC=Cc1cccc(OC(F)(F)F)c1)c1ccc(Nc2nncs2)cc1. The summed E-state index contributed by atoms with van der Waals surface area (Å²) < 4.78 is 65.5. The van der Waals surface area contributed by atoms with Crippen LogP contribution in [0.25, 0.3) is 6.08 Å². The van der Waals surface area contributed by atoms with Crippen molar-refractivity contribution < 1.29 is 26.3 Å². The zero-order valence-corrected chi connectivity index (χ0v) is 16.3. The number of ether oxygens (including phenoxy) is 1.